The largest absolute Gasteiger partial charge is 0.497 e. The number of hydrogen-bond acceptors (Lipinski definition) is 4. The van der Waals surface area contributed by atoms with E-state index >= 15 is 0 Å². The van der Waals surface area contributed by atoms with Crippen LogP contribution < -0.4 is 15.6 Å². The van der Waals surface area contributed by atoms with E-state index in [4.69, 9.17) is 4.74 Å². The quantitative estimate of drug-likeness (QED) is 0.751. The maximum Gasteiger partial charge on any atom is 0.267 e. The van der Waals surface area contributed by atoms with Crippen molar-refractivity contribution in [1.29, 1.82) is 0 Å². The number of nitrogens with zero attached hydrogens (tertiary/aromatic N) is 2. The summed E-state index contributed by atoms with van der Waals surface area (Å²) < 4.78 is 19.6. The number of carbonyl (C=O) groups excluding carboxylic acids is 1. The van der Waals surface area contributed by atoms with Crippen molar-refractivity contribution in [3.05, 3.63) is 76.8 Å². The second-order valence-electron chi connectivity index (χ2n) is 5.91. The molecule has 7 heteroatoms. The molecule has 3 rings (SSSR count). The van der Waals surface area contributed by atoms with Crippen LogP contribution in [-0.2, 0) is 4.79 Å². The topological polar surface area (TPSA) is 73.2 Å². The Bertz CT molecular complexity index is 1030. The minimum absolute atomic E-state index is 0.309. The third kappa shape index (κ3) is 4.20. The lowest BCUT2D eigenvalue weighted by atomic mass is 10.1. The van der Waals surface area contributed by atoms with Crippen LogP contribution in [0.15, 0.2) is 65.5 Å². The predicted molar refractivity (Wildman–Crippen MR) is 100 cm³/mol. The SMILES string of the molecule is COc1cccc(-c2ccc(=O)n([C@@H](C)C(=O)Nc3cccc(F)c3)n2)c1. The zero-order valence-corrected chi connectivity index (χ0v) is 14.8. The van der Waals surface area contributed by atoms with Crippen LogP contribution in [0.25, 0.3) is 11.3 Å². The third-order valence-electron chi connectivity index (χ3n) is 4.03. The van der Waals surface area contributed by atoms with Gasteiger partial charge in [-0.15, -0.1) is 0 Å². The average Bonchev–Trinajstić information content (AvgIpc) is 2.68. The van der Waals surface area contributed by atoms with E-state index in [1.54, 1.807) is 38.3 Å². The molecule has 0 radical (unpaired) electrons. The van der Waals surface area contributed by atoms with Crippen molar-refractivity contribution >= 4 is 11.6 Å². The van der Waals surface area contributed by atoms with E-state index in [2.05, 4.69) is 10.4 Å². The number of methoxy groups -OCH3 is 1. The van der Waals surface area contributed by atoms with Crippen LogP contribution in [0.2, 0.25) is 0 Å². The molecule has 0 unspecified atom stereocenters. The van der Waals surface area contributed by atoms with E-state index in [1.807, 2.05) is 12.1 Å². The van der Waals surface area contributed by atoms with Gasteiger partial charge >= 0.3 is 0 Å². The van der Waals surface area contributed by atoms with E-state index in [1.165, 1.54) is 24.3 Å². The van der Waals surface area contributed by atoms with Gasteiger partial charge < -0.3 is 10.1 Å². The molecule has 0 aliphatic rings. The van der Waals surface area contributed by atoms with Gasteiger partial charge in [-0.3, -0.25) is 9.59 Å². The molecule has 0 bridgehead atoms. The summed E-state index contributed by atoms with van der Waals surface area (Å²) in [5, 5.41) is 6.90. The molecule has 1 heterocycles. The number of amides is 1. The molecule has 2 aromatic carbocycles. The Morgan fingerprint density at radius 1 is 1.15 bits per heavy atom. The van der Waals surface area contributed by atoms with Gasteiger partial charge in [0.1, 0.15) is 17.6 Å². The highest BCUT2D eigenvalue weighted by Crippen LogP contribution is 2.21. The first-order valence-electron chi connectivity index (χ1n) is 8.28. The summed E-state index contributed by atoms with van der Waals surface area (Å²) in [5.41, 5.74) is 1.17. The molecule has 0 saturated heterocycles. The minimum Gasteiger partial charge on any atom is -0.497 e. The fraction of sp³-hybridized carbons (Fsp3) is 0.150. The molecule has 0 aliphatic carbocycles. The number of carbonyl (C=O) groups is 1. The van der Waals surface area contributed by atoms with Crippen molar-refractivity contribution in [3.8, 4) is 17.0 Å². The van der Waals surface area contributed by atoms with E-state index in [0.29, 0.717) is 17.1 Å². The number of halogens is 1. The van der Waals surface area contributed by atoms with Crippen LogP contribution in [0.3, 0.4) is 0 Å². The highest BCUT2D eigenvalue weighted by Gasteiger charge is 2.18. The first-order valence-corrected chi connectivity index (χ1v) is 8.28. The van der Waals surface area contributed by atoms with Crippen molar-refractivity contribution in [1.82, 2.24) is 9.78 Å². The zero-order chi connectivity index (χ0) is 19.4. The zero-order valence-electron chi connectivity index (χ0n) is 14.8. The van der Waals surface area contributed by atoms with Crippen LogP contribution in [-0.4, -0.2) is 22.8 Å². The monoisotopic (exact) mass is 367 g/mol. The van der Waals surface area contributed by atoms with Gasteiger partial charge in [0.2, 0.25) is 5.91 Å². The van der Waals surface area contributed by atoms with Crippen molar-refractivity contribution in [2.45, 2.75) is 13.0 Å². The van der Waals surface area contributed by atoms with Crippen LogP contribution in [0.4, 0.5) is 10.1 Å². The van der Waals surface area contributed by atoms with Gasteiger partial charge in [-0.2, -0.15) is 5.10 Å². The van der Waals surface area contributed by atoms with Crippen LogP contribution in [0.5, 0.6) is 5.75 Å². The summed E-state index contributed by atoms with van der Waals surface area (Å²) in [6, 6.07) is 14.8. The van der Waals surface area contributed by atoms with Crippen LogP contribution in [0.1, 0.15) is 13.0 Å². The number of nitrogens with one attached hydrogen (secondary N) is 1. The molecular formula is C20H18FN3O3. The van der Waals surface area contributed by atoms with Crippen LogP contribution >= 0.6 is 0 Å². The standard InChI is InChI=1S/C20H18FN3O3/c1-13(20(26)22-16-7-4-6-15(21)12-16)24-19(25)10-9-18(23-24)14-5-3-8-17(11-14)27-2/h3-13H,1-2H3,(H,22,26)/t13-/m0/s1. The Morgan fingerprint density at radius 3 is 2.67 bits per heavy atom. The fourth-order valence-corrected chi connectivity index (χ4v) is 2.56. The molecule has 0 saturated carbocycles. The summed E-state index contributed by atoms with van der Waals surface area (Å²) in [5.74, 6) is -0.280. The average molecular weight is 367 g/mol. The highest BCUT2D eigenvalue weighted by molar-refractivity contribution is 5.93. The number of hydrogen-bond donors (Lipinski definition) is 1. The molecule has 1 atom stereocenters. The molecule has 27 heavy (non-hydrogen) atoms. The van der Waals surface area contributed by atoms with Crippen LogP contribution in [0, 0.1) is 5.82 Å². The van der Waals surface area contributed by atoms with Gasteiger partial charge in [-0.05, 0) is 43.3 Å². The molecule has 1 N–H and O–H groups in total. The van der Waals surface area contributed by atoms with Gasteiger partial charge in [0, 0.05) is 17.3 Å². The molecule has 138 valence electrons. The van der Waals surface area contributed by atoms with E-state index in [0.717, 1.165) is 10.2 Å². The maximum absolute atomic E-state index is 13.3. The van der Waals surface area contributed by atoms with Gasteiger partial charge in [-0.1, -0.05) is 18.2 Å². The summed E-state index contributed by atoms with van der Waals surface area (Å²) in [7, 11) is 1.56. The van der Waals surface area contributed by atoms with Gasteiger partial charge in [0.25, 0.3) is 5.56 Å². The summed E-state index contributed by atoms with van der Waals surface area (Å²) >= 11 is 0. The molecule has 0 aliphatic heterocycles. The minimum atomic E-state index is -0.883. The Hall–Kier alpha value is -3.48. The third-order valence-corrected chi connectivity index (χ3v) is 4.03. The molecule has 1 amide bonds. The maximum atomic E-state index is 13.3. The molecule has 1 aromatic heterocycles. The lowest BCUT2D eigenvalue weighted by Crippen LogP contribution is -2.33. The first-order chi connectivity index (χ1) is 13.0. The second kappa shape index (κ2) is 7.82. The van der Waals surface area contributed by atoms with E-state index in [9.17, 15) is 14.0 Å². The molecule has 3 aromatic rings. The number of ether oxygens (including phenoxy) is 1. The highest BCUT2D eigenvalue weighted by atomic mass is 19.1. The van der Waals surface area contributed by atoms with Crippen molar-refractivity contribution in [2.75, 3.05) is 12.4 Å². The van der Waals surface area contributed by atoms with Gasteiger partial charge in [0.15, 0.2) is 0 Å². The van der Waals surface area contributed by atoms with Crippen molar-refractivity contribution in [2.24, 2.45) is 0 Å². The Morgan fingerprint density at radius 2 is 1.93 bits per heavy atom. The number of aromatic nitrogens is 2. The van der Waals surface area contributed by atoms with Crippen molar-refractivity contribution < 1.29 is 13.9 Å². The predicted octanol–water partition coefficient (Wildman–Crippen LogP) is 3.26. The van der Waals surface area contributed by atoms with E-state index in [-0.39, 0.29) is 0 Å². The first kappa shape index (κ1) is 18.3. The number of anilines is 1. The number of benzene rings is 2. The molecule has 0 spiro atoms. The molecular weight excluding hydrogens is 349 g/mol. The number of rotatable bonds is 5. The van der Waals surface area contributed by atoms with E-state index < -0.39 is 23.3 Å². The summed E-state index contributed by atoms with van der Waals surface area (Å²) in [6.45, 7) is 1.55. The fourth-order valence-electron chi connectivity index (χ4n) is 2.56. The van der Waals surface area contributed by atoms with Crippen molar-refractivity contribution in [3.63, 3.8) is 0 Å². The second-order valence-corrected chi connectivity index (χ2v) is 5.91. The Kier molecular flexibility index (Phi) is 5.30. The normalized spacial score (nSPS) is 11.7. The summed E-state index contributed by atoms with van der Waals surface area (Å²) in [4.78, 5) is 24.7. The van der Waals surface area contributed by atoms with Gasteiger partial charge in [0.05, 0.1) is 12.8 Å². The molecule has 6 nitrogen and oxygen atoms in total. The van der Waals surface area contributed by atoms with Gasteiger partial charge in [-0.25, -0.2) is 9.07 Å². The smallest absolute Gasteiger partial charge is 0.267 e. The Labute approximate surface area is 155 Å². The lowest BCUT2D eigenvalue weighted by molar-refractivity contribution is -0.119. The Balaban J connectivity index is 1.89. The molecule has 0 fully saturated rings. The summed E-state index contributed by atoms with van der Waals surface area (Å²) in [6.07, 6.45) is 0. The lowest BCUT2D eigenvalue weighted by Gasteiger charge is -2.15.